The molecule has 0 spiro atoms. The molecule has 3 heterocycles. The molecule has 1 saturated heterocycles. The smallest absolute Gasteiger partial charge is 0.250 e. The molecule has 0 radical (unpaired) electrons. The number of rotatable bonds is 4. The summed E-state index contributed by atoms with van der Waals surface area (Å²) in [6, 6.07) is 0. The zero-order valence-corrected chi connectivity index (χ0v) is 15.0. The molecule has 1 fully saturated rings. The number of nitrogens with zero attached hydrogens (tertiary/aromatic N) is 7. The van der Waals surface area contributed by atoms with Gasteiger partial charge in [-0.2, -0.15) is 5.10 Å². The van der Waals surface area contributed by atoms with Gasteiger partial charge in [0.25, 0.3) is 0 Å². The van der Waals surface area contributed by atoms with Crippen LogP contribution in [0, 0.1) is 0 Å². The van der Waals surface area contributed by atoms with Crippen LogP contribution in [-0.2, 0) is 15.1 Å². The number of aromatic nitrogens is 5. The molecule has 9 nitrogen and oxygen atoms in total. The van der Waals surface area contributed by atoms with E-state index in [0.29, 0.717) is 19.7 Å². The molecule has 0 unspecified atom stereocenters. The Morgan fingerprint density at radius 3 is 2.76 bits per heavy atom. The van der Waals surface area contributed by atoms with E-state index in [1.165, 1.54) is 6.33 Å². The third kappa shape index (κ3) is 3.32. The first kappa shape index (κ1) is 17.3. The van der Waals surface area contributed by atoms with Crippen molar-refractivity contribution in [1.82, 2.24) is 29.6 Å². The maximum Gasteiger partial charge on any atom is 0.250 e. The molecule has 0 saturated carbocycles. The van der Waals surface area contributed by atoms with Crippen molar-refractivity contribution in [3.05, 3.63) is 30.7 Å². The molecular formula is C16H23N7O2. The summed E-state index contributed by atoms with van der Waals surface area (Å²) in [5, 5.41) is 4.12. The second-order valence-corrected chi connectivity index (χ2v) is 6.67. The summed E-state index contributed by atoms with van der Waals surface area (Å²) in [7, 11) is 3.82. The molecule has 0 aromatic carbocycles. The Morgan fingerprint density at radius 1 is 1.32 bits per heavy atom. The fraction of sp³-hybridized carbons (Fsp3) is 0.562. The largest absolute Gasteiger partial charge is 0.368 e. The summed E-state index contributed by atoms with van der Waals surface area (Å²) in [5.41, 5.74) is -0.0749. The van der Waals surface area contributed by atoms with Gasteiger partial charge in [0, 0.05) is 33.0 Å². The Bertz CT molecular complexity index is 730. The standard InChI is InChI=1S/C16H23N7O2/c1-16(2,23-11-17-10-20-23)15(24)22-7-8-25-12(9-22)13-14(21(3)4)19-6-5-18-13/h5-6,10-12H,7-9H2,1-4H3/t12-/m0/s1. The summed E-state index contributed by atoms with van der Waals surface area (Å²) >= 11 is 0. The Morgan fingerprint density at radius 2 is 2.08 bits per heavy atom. The fourth-order valence-electron chi connectivity index (χ4n) is 2.89. The van der Waals surface area contributed by atoms with E-state index in [-0.39, 0.29) is 12.0 Å². The number of hydrogen-bond acceptors (Lipinski definition) is 7. The average molecular weight is 345 g/mol. The van der Waals surface area contributed by atoms with Crippen molar-refractivity contribution in [2.45, 2.75) is 25.5 Å². The van der Waals surface area contributed by atoms with Crippen molar-refractivity contribution >= 4 is 11.7 Å². The van der Waals surface area contributed by atoms with Crippen LogP contribution in [-0.4, -0.2) is 69.3 Å². The second-order valence-electron chi connectivity index (χ2n) is 6.67. The molecule has 1 aliphatic heterocycles. The maximum atomic E-state index is 13.0. The topological polar surface area (TPSA) is 89.3 Å². The molecule has 0 N–H and O–H groups in total. The van der Waals surface area contributed by atoms with E-state index in [1.54, 1.807) is 28.3 Å². The zero-order valence-electron chi connectivity index (χ0n) is 15.0. The average Bonchev–Trinajstić information content (AvgIpc) is 3.16. The van der Waals surface area contributed by atoms with Crippen LogP contribution in [0.2, 0.25) is 0 Å². The molecule has 1 aliphatic rings. The maximum absolute atomic E-state index is 13.0. The minimum absolute atomic E-state index is 0.0263. The van der Waals surface area contributed by atoms with Crippen LogP contribution in [0.25, 0.3) is 0 Å². The molecule has 3 rings (SSSR count). The van der Waals surface area contributed by atoms with E-state index in [4.69, 9.17) is 4.74 Å². The van der Waals surface area contributed by atoms with Crippen molar-refractivity contribution in [1.29, 1.82) is 0 Å². The second kappa shape index (κ2) is 6.75. The quantitative estimate of drug-likeness (QED) is 0.796. The summed E-state index contributed by atoms with van der Waals surface area (Å²) in [6.07, 6.45) is 5.97. The number of amides is 1. The lowest BCUT2D eigenvalue weighted by Crippen LogP contribution is -2.51. The molecule has 1 atom stereocenters. The molecule has 9 heteroatoms. The van der Waals surface area contributed by atoms with Crippen LogP contribution in [0.15, 0.2) is 25.0 Å². The number of anilines is 1. The van der Waals surface area contributed by atoms with Gasteiger partial charge in [0.1, 0.15) is 30.0 Å². The molecule has 0 bridgehead atoms. The van der Waals surface area contributed by atoms with Gasteiger partial charge >= 0.3 is 0 Å². The van der Waals surface area contributed by atoms with Crippen LogP contribution in [0.3, 0.4) is 0 Å². The van der Waals surface area contributed by atoms with Crippen LogP contribution in [0.5, 0.6) is 0 Å². The molecule has 25 heavy (non-hydrogen) atoms. The van der Waals surface area contributed by atoms with E-state index in [9.17, 15) is 4.79 Å². The van der Waals surface area contributed by atoms with E-state index in [0.717, 1.165) is 11.5 Å². The first-order valence-corrected chi connectivity index (χ1v) is 8.15. The molecule has 0 aliphatic carbocycles. The highest BCUT2D eigenvalue weighted by molar-refractivity contribution is 5.83. The SMILES string of the molecule is CN(C)c1nccnc1[C@@H]1CN(C(=O)C(C)(C)n2cncn2)CCO1. The first-order valence-electron chi connectivity index (χ1n) is 8.15. The van der Waals surface area contributed by atoms with Crippen molar-refractivity contribution in [3.8, 4) is 0 Å². The summed E-state index contributed by atoms with van der Waals surface area (Å²) in [6.45, 7) is 5.08. The van der Waals surface area contributed by atoms with Crippen LogP contribution in [0.4, 0.5) is 5.82 Å². The normalized spacial score (nSPS) is 18.2. The van der Waals surface area contributed by atoms with Crippen molar-refractivity contribution in [2.24, 2.45) is 0 Å². The van der Waals surface area contributed by atoms with Gasteiger partial charge in [-0.15, -0.1) is 0 Å². The number of carbonyl (C=O) groups is 1. The predicted molar refractivity (Wildman–Crippen MR) is 91.0 cm³/mol. The van der Waals surface area contributed by atoms with Crippen LogP contribution >= 0.6 is 0 Å². The molecule has 1 amide bonds. The van der Waals surface area contributed by atoms with Crippen molar-refractivity contribution < 1.29 is 9.53 Å². The molecule has 134 valence electrons. The minimum Gasteiger partial charge on any atom is -0.368 e. The fourth-order valence-corrected chi connectivity index (χ4v) is 2.89. The lowest BCUT2D eigenvalue weighted by atomic mass is 10.0. The van der Waals surface area contributed by atoms with Gasteiger partial charge in [0.15, 0.2) is 5.82 Å². The Labute approximate surface area is 146 Å². The van der Waals surface area contributed by atoms with Gasteiger partial charge in [-0.05, 0) is 13.8 Å². The lowest BCUT2D eigenvalue weighted by molar-refractivity contribution is -0.147. The molecular weight excluding hydrogens is 322 g/mol. The van der Waals surface area contributed by atoms with Gasteiger partial charge < -0.3 is 14.5 Å². The third-order valence-electron chi connectivity index (χ3n) is 4.30. The first-order chi connectivity index (χ1) is 11.9. The van der Waals surface area contributed by atoms with Gasteiger partial charge in [0.2, 0.25) is 5.91 Å². The van der Waals surface area contributed by atoms with E-state index in [2.05, 4.69) is 20.1 Å². The van der Waals surface area contributed by atoms with E-state index >= 15 is 0 Å². The highest BCUT2D eigenvalue weighted by atomic mass is 16.5. The Balaban J connectivity index is 1.81. The predicted octanol–water partition coefficient (Wildman–Crippen LogP) is 0.469. The minimum atomic E-state index is -0.814. The van der Waals surface area contributed by atoms with Gasteiger partial charge in [-0.1, -0.05) is 0 Å². The summed E-state index contributed by atoms with van der Waals surface area (Å²) in [4.78, 5) is 29.5. The number of ether oxygens (including phenoxy) is 1. The monoisotopic (exact) mass is 345 g/mol. The highest BCUT2D eigenvalue weighted by Gasteiger charge is 2.38. The Hall–Kier alpha value is -2.55. The number of hydrogen-bond donors (Lipinski definition) is 0. The van der Waals surface area contributed by atoms with Crippen LogP contribution < -0.4 is 4.90 Å². The molecule has 2 aromatic rings. The highest BCUT2D eigenvalue weighted by Crippen LogP contribution is 2.28. The van der Waals surface area contributed by atoms with Crippen LogP contribution in [0.1, 0.15) is 25.6 Å². The van der Waals surface area contributed by atoms with Gasteiger partial charge in [-0.25, -0.2) is 14.6 Å². The number of carbonyl (C=O) groups excluding carboxylic acids is 1. The van der Waals surface area contributed by atoms with Gasteiger partial charge in [-0.3, -0.25) is 9.78 Å². The van der Waals surface area contributed by atoms with E-state index < -0.39 is 5.54 Å². The summed E-state index contributed by atoms with van der Waals surface area (Å²) < 4.78 is 7.46. The third-order valence-corrected chi connectivity index (χ3v) is 4.30. The van der Waals surface area contributed by atoms with Crippen molar-refractivity contribution in [3.63, 3.8) is 0 Å². The zero-order chi connectivity index (χ0) is 18.0. The molecule has 2 aromatic heterocycles. The van der Waals surface area contributed by atoms with Gasteiger partial charge in [0.05, 0.1) is 13.2 Å². The Kier molecular flexibility index (Phi) is 4.67. The number of morpholine rings is 1. The lowest BCUT2D eigenvalue weighted by Gasteiger charge is -2.37. The van der Waals surface area contributed by atoms with E-state index in [1.807, 2.05) is 32.8 Å². The van der Waals surface area contributed by atoms with Crippen molar-refractivity contribution in [2.75, 3.05) is 38.7 Å². The summed E-state index contributed by atoms with van der Waals surface area (Å²) in [5.74, 6) is 0.721.